The van der Waals surface area contributed by atoms with Crippen LogP contribution in [0.25, 0.3) is 6.08 Å². The number of rotatable bonds is 8. The third kappa shape index (κ3) is 5.79. The molecule has 1 unspecified atom stereocenters. The molecule has 6 rings (SSSR count). The molecule has 0 saturated carbocycles. The predicted molar refractivity (Wildman–Crippen MR) is 184 cm³/mol. The van der Waals surface area contributed by atoms with Crippen LogP contribution in [0.4, 0.5) is 5.69 Å². The number of methoxy groups -OCH3 is 2. The first-order valence-corrected chi connectivity index (χ1v) is 17.2. The van der Waals surface area contributed by atoms with Gasteiger partial charge in [0.25, 0.3) is 0 Å². The molecule has 4 aromatic carbocycles. The second-order valence-electron chi connectivity index (χ2n) is 11.2. The molecule has 0 radical (unpaired) electrons. The first kappa shape index (κ1) is 30.4. The number of hydrogen-bond acceptors (Lipinski definition) is 8. The number of allylic oxidation sites excluding steroid dienone is 1. The average Bonchev–Trinajstić information content (AvgIpc) is 3.51. The summed E-state index contributed by atoms with van der Waals surface area (Å²) in [6.45, 7) is 4.45. The Morgan fingerprint density at radius 1 is 0.889 bits per heavy atom. The lowest BCUT2D eigenvalue weighted by molar-refractivity contribution is -0.129. The van der Waals surface area contributed by atoms with Crippen molar-refractivity contribution in [3.63, 3.8) is 0 Å². The van der Waals surface area contributed by atoms with Gasteiger partial charge in [-0.25, -0.2) is 9.79 Å². The van der Waals surface area contributed by atoms with Gasteiger partial charge in [0, 0.05) is 40.5 Å². The van der Waals surface area contributed by atoms with Crippen molar-refractivity contribution in [1.29, 1.82) is 0 Å². The average molecular weight is 637 g/mol. The van der Waals surface area contributed by atoms with Crippen LogP contribution in [0.5, 0.6) is 17.2 Å². The Morgan fingerprint density at radius 2 is 1.58 bits per heavy atom. The topological polar surface area (TPSA) is 69.6 Å². The van der Waals surface area contributed by atoms with Crippen LogP contribution in [0.2, 0.25) is 0 Å². The van der Waals surface area contributed by atoms with E-state index in [9.17, 15) is 4.79 Å². The summed E-state index contributed by atoms with van der Waals surface area (Å²) in [5.74, 6) is 3.55. The molecule has 2 aliphatic heterocycles. The minimum atomic E-state index is -2.70. The van der Waals surface area contributed by atoms with E-state index < -0.39 is 12.2 Å². The zero-order chi connectivity index (χ0) is 31.8. The Kier molecular flexibility index (Phi) is 8.12. The molecule has 45 heavy (non-hydrogen) atoms. The van der Waals surface area contributed by atoms with Crippen molar-refractivity contribution in [3.05, 3.63) is 131 Å². The van der Waals surface area contributed by atoms with Crippen molar-refractivity contribution in [2.45, 2.75) is 19.3 Å². The summed E-state index contributed by atoms with van der Waals surface area (Å²) in [6, 6.07) is 31.2. The van der Waals surface area contributed by atoms with Crippen LogP contribution < -0.4 is 24.2 Å². The van der Waals surface area contributed by atoms with E-state index in [2.05, 4.69) is 60.9 Å². The van der Waals surface area contributed by atoms with Gasteiger partial charge in [0.15, 0.2) is 23.5 Å². The van der Waals surface area contributed by atoms with Gasteiger partial charge in [0.1, 0.15) is 5.75 Å². The summed E-state index contributed by atoms with van der Waals surface area (Å²) in [5, 5.41) is 0.963. The number of nitrogens with zero attached hydrogens (tertiary/aromatic N) is 2. The standard InChI is InChI=1S/C36H33N2O5PS/c1-36(2)28-13-9-10-14-30(28)38(3)33(36)23-44(45,27-11-7-6-8-12-27)43-26-18-15-24(16-19-26)21-29-35(39)42-34(37-29)25-17-20-31(40-4)32(22-25)41-5/h6-23H,1-5H3/b29-21-,33-23-. The minimum Gasteiger partial charge on any atom is -0.493 e. The smallest absolute Gasteiger partial charge is 0.363 e. The van der Waals surface area contributed by atoms with Crippen molar-refractivity contribution in [1.82, 2.24) is 0 Å². The zero-order valence-electron chi connectivity index (χ0n) is 25.7. The Bertz CT molecular complexity index is 1920. The number of aliphatic imine (C=N–C) groups is 1. The van der Waals surface area contributed by atoms with Gasteiger partial charge in [0.2, 0.25) is 5.90 Å². The van der Waals surface area contributed by atoms with E-state index >= 15 is 0 Å². The van der Waals surface area contributed by atoms with Crippen molar-refractivity contribution in [2.75, 3.05) is 26.2 Å². The van der Waals surface area contributed by atoms with Crippen LogP contribution >= 0.6 is 6.26 Å². The van der Waals surface area contributed by atoms with Gasteiger partial charge in [0.05, 0.1) is 14.2 Å². The Balaban J connectivity index is 1.29. The van der Waals surface area contributed by atoms with Crippen LogP contribution in [-0.2, 0) is 26.8 Å². The van der Waals surface area contributed by atoms with Crippen LogP contribution in [0, 0.1) is 0 Å². The molecule has 0 saturated heterocycles. The number of esters is 1. The zero-order valence-corrected chi connectivity index (χ0v) is 27.4. The maximum absolute atomic E-state index is 12.7. The van der Waals surface area contributed by atoms with E-state index in [1.54, 1.807) is 38.5 Å². The third-order valence-electron chi connectivity index (χ3n) is 8.02. The number of likely N-dealkylation sites (N-methyl/N-ethyl adjacent to an activating group) is 1. The number of carbonyl (C=O) groups excluding carboxylic acids is 1. The fraction of sp³-hybridized carbons (Fsp3) is 0.167. The normalized spacial score (nSPS) is 18.3. The first-order valence-electron chi connectivity index (χ1n) is 14.4. The van der Waals surface area contributed by atoms with Crippen LogP contribution in [-0.4, -0.2) is 33.1 Å². The van der Waals surface area contributed by atoms with E-state index in [0.29, 0.717) is 22.8 Å². The quantitative estimate of drug-likeness (QED) is 0.113. The molecule has 0 amide bonds. The number of para-hydroxylation sites is 1. The van der Waals surface area contributed by atoms with E-state index in [1.807, 2.05) is 54.6 Å². The lowest BCUT2D eigenvalue weighted by atomic mass is 9.84. The summed E-state index contributed by atoms with van der Waals surface area (Å²) < 4.78 is 22.8. The summed E-state index contributed by atoms with van der Waals surface area (Å²) in [6.07, 6.45) is -1.02. The van der Waals surface area contributed by atoms with E-state index in [-0.39, 0.29) is 17.0 Å². The Labute approximate surface area is 268 Å². The first-order chi connectivity index (χ1) is 21.6. The fourth-order valence-electron chi connectivity index (χ4n) is 5.62. The van der Waals surface area contributed by atoms with E-state index in [4.69, 9.17) is 30.5 Å². The van der Waals surface area contributed by atoms with Gasteiger partial charge in [-0.1, -0.05) is 74.5 Å². The molecule has 0 fully saturated rings. The predicted octanol–water partition coefficient (Wildman–Crippen LogP) is 7.42. The lowest BCUT2D eigenvalue weighted by Crippen LogP contribution is -2.24. The summed E-state index contributed by atoms with van der Waals surface area (Å²) in [4.78, 5) is 19.3. The number of hydrogen-bond donors (Lipinski definition) is 0. The monoisotopic (exact) mass is 636 g/mol. The SMILES string of the molecule is COc1ccc(C2=N/C(=C\c3ccc(OP(=S)(/C=C4\N(C)c5ccccc5C4(C)C)c4ccccc4)cc3)C(=O)O2)cc1OC. The van der Waals surface area contributed by atoms with Gasteiger partial charge in [-0.05, 0) is 65.4 Å². The summed E-state index contributed by atoms with van der Waals surface area (Å²) >= 11 is 6.39. The molecule has 1 atom stereocenters. The molecule has 4 aromatic rings. The second kappa shape index (κ2) is 12.0. The number of ether oxygens (including phenoxy) is 3. The molecule has 0 spiro atoms. The van der Waals surface area contributed by atoms with Crippen molar-refractivity contribution >= 4 is 47.0 Å². The van der Waals surface area contributed by atoms with Gasteiger partial charge in [-0.3, -0.25) is 0 Å². The highest BCUT2D eigenvalue weighted by molar-refractivity contribution is 8.17. The Hall–Kier alpha value is -4.65. The second-order valence-corrected chi connectivity index (χ2v) is 15.0. The van der Waals surface area contributed by atoms with Gasteiger partial charge in [-0.15, -0.1) is 0 Å². The summed E-state index contributed by atoms with van der Waals surface area (Å²) in [5.41, 5.74) is 4.86. The third-order valence-corrected chi connectivity index (χ3v) is 11.3. The number of anilines is 1. The highest BCUT2D eigenvalue weighted by Gasteiger charge is 2.40. The van der Waals surface area contributed by atoms with E-state index in [1.165, 1.54) is 11.3 Å². The molecular formula is C36H33N2O5PS. The molecule has 0 N–H and O–H groups in total. The molecule has 0 aromatic heterocycles. The maximum Gasteiger partial charge on any atom is 0.363 e. The summed E-state index contributed by atoms with van der Waals surface area (Å²) in [7, 11) is 5.19. The van der Waals surface area contributed by atoms with Gasteiger partial charge >= 0.3 is 5.97 Å². The van der Waals surface area contributed by atoms with Crippen molar-refractivity contribution < 1.29 is 23.5 Å². The molecule has 228 valence electrons. The number of benzene rings is 4. The molecule has 0 bridgehead atoms. The van der Waals surface area contributed by atoms with Gasteiger partial charge < -0.3 is 23.6 Å². The number of fused-ring (bicyclic) bond motifs is 1. The lowest BCUT2D eigenvalue weighted by Gasteiger charge is -2.28. The maximum atomic E-state index is 12.7. The van der Waals surface area contributed by atoms with E-state index in [0.717, 1.165) is 16.6 Å². The molecule has 2 aliphatic rings. The Morgan fingerprint density at radius 3 is 2.27 bits per heavy atom. The van der Waals surface area contributed by atoms with Crippen LogP contribution in [0.1, 0.15) is 30.5 Å². The molecule has 7 nitrogen and oxygen atoms in total. The van der Waals surface area contributed by atoms with Crippen molar-refractivity contribution in [2.24, 2.45) is 4.99 Å². The van der Waals surface area contributed by atoms with Crippen molar-refractivity contribution in [3.8, 4) is 17.2 Å². The highest BCUT2D eigenvalue weighted by Crippen LogP contribution is 2.55. The molecule has 0 aliphatic carbocycles. The number of cyclic esters (lactones) is 1. The van der Waals surface area contributed by atoms with Gasteiger partial charge in [-0.2, -0.15) is 0 Å². The van der Waals surface area contributed by atoms with Crippen LogP contribution in [0.15, 0.2) is 119 Å². The molecule has 9 heteroatoms. The van der Waals surface area contributed by atoms with Crippen LogP contribution in [0.3, 0.4) is 0 Å². The number of carbonyl (C=O) groups is 1. The minimum absolute atomic E-state index is 0.193. The molecule has 2 heterocycles. The highest BCUT2D eigenvalue weighted by atomic mass is 32.4. The molecular weight excluding hydrogens is 603 g/mol. The largest absolute Gasteiger partial charge is 0.493 e. The fourth-order valence-corrected chi connectivity index (χ4v) is 8.69.